The zero-order chi connectivity index (χ0) is 9.78. The van der Waals surface area contributed by atoms with E-state index in [0.29, 0.717) is 0 Å². The third kappa shape index (κ3) is 4.22. The molecule has 0 saturated carbocycles. The molecule has 0 aromatic rings. The van der Waals surface area contributed by atoms with Crippen molar-refractivity contribution < 1.29 is 31.1 Å². The molecule has 0 atom stereocenters. The summed E-state index contributed by atoms with van der Waals surface area (Å²) in [5, 5.41) is 0. The molecule has 7 heteroatoms. The average Bonchev–Trinajstić information content (AvgIpc) is 1.85. The van der Waals surface area contributed by atoms with Crippen molar-refractivity contribution in [2.45, 2.75) is 12.5 Å². The van der Waals surface area contributed by atoms with Gasteiger partial charge in [-0.3, -0.25) is 0 Å². The summed E-state index contributed by atoms with van der Waals surface area (Å²) in [5.41, 5.74) is 0. The minimum Gasteiger partial charge on any atom is -0.312 e. The smallest absolute Gasteiger partial charge is 0.312 e. The highest BCUT2D eigenvalue weighted by molar-refractivity contribution is 4.80. The molecule has 1 nitrogen and oxygen atoms in total. The lowest BCUT2D eigenvalue weighted by Crippen LogP contribution is -2.30. The summed E-state index contributed by atoms with van der Waals surface area (Å²) in [6, 6.07) is 0. The summed E-state index contributed by atoms with van der Waals surface area (Å²) >= 11 is 0. The van der Waals surface area contributed by atoms with E-state index in [0.717, 1.165) is 0 Å². The summed E-state index contributed by atoms with van der Waals surface area (Å²) in [6.45, 7) is -1.25. The van der Waals surface area contributed by atoms with Crippen LogP contribution in [0.1, 0.15) is 0 Å². The Morgan fingerprint density at radius 2 is 1.83 bits per heavy atom. The van der Waals surface area contributed by atoms with Gasteiger partial charge in [0.25, 0.3) is 6.08 Å². The topological polar surface area (TPSA) is 9.23 Å². The summed E-state index contributed by atoms with van der Waals surface area (Å²) in [6.07, 6.45) is -11.0. The molecule has 0 N–H and O–H groups in total. The lowest BCUT2D eigenvalue weighted by Gasteiger charge is -2.13. The average molecular weight is 194 g/mol. The number of alkyl halides is 4. The molecule has 0 heterocycles. The first kappa shape index (κ1) is 11.3. The van der Waals surface area contributed by atoms with Crippen molar-refractivity contribution in [2.75, 3.05) is 6.61 Å². The Hall–Kier alpha value is -0.720. The van der Waals surface area contributed by atoms with Crippen LogP contribution in [0.4, 0.5) is 26.3 Å². The number of rotatable bonds is 4. The van der Waals surface area contributed by atoms with Gasteiger partial charge in [0.2, 0.25) is 0 Å². The van der Waals surface area contributed by atoms with Gasteiger partial charge in [-0.15, -0.1) is 0 Å². The van der Waals surface area contributed by atoms with E-state index in [1.807, 2.05) is 0 Å². The van der Waals surface area contributed by atoms with E-state index < -0.39 is 25.2 Å². The van der Waals surface area contributed by atoms with Crippen molar-refractivity contribution in [3.05, 3.63) is 12.2 Å². The van der Waals surface area contributed by atoms with Gasteiger partial charge in [0, 0.05) is 6.08 Å². The Bertz CT molecular complexity index is 161. The maximum Gasteiger partial charge on any atom is 0.416 e. The van der Waals surface area contributed by atoms with Gasteiger partial charge >= 0.3 is 12.5 Å². The van der Waals surface area contributed by atoms with Crippen molar-refractivity contribution in [2.24, 2.45) is 0 Å². The van der Waals surface area contributed by atoms with Gasteiger partial charge in [-0.1, -0.05) is 0 Å². The fourth-order valence-corrected chi connectivity index (χ4v) is 0.279. The molecule has 0 amide bonds. The van der Waals surface area contributed by atoms with Crippen LogP contribution in [0.3, 0.4) is 0 Å². The molecule has 0 fully saturated rings. The van der Waals surface area contributed by atoms with Crippen LogP contribution in [0, 0.1) is 0 Å². The van der Waals surface area contributed by atoms with Crippen molar-refractivity contribution in [1.29, 1.82) is 0 Å². The number of hydrogen-bond donors (Lipinski definition) is 0. The highest BCUT2D eigenvalue weighted by atomic mass is 19.3. The van der Waals surface area contributed by atoms with Gasteiger partial charge in [0.1, 0.15) is 0 Å². The van der Waals surface area contributed by atoms with Crippen LogP contribution >= 0.6 is 0 Å². The van der Waals surface area contributed by atoms with Crippen LogP contribution in [0.15, 0.2) is 12.2 Å². The number of hydrogen-bond acceptors (Lipinski definition) is 1. The second kappa shape index (κ2) is 4.34. The minimum atomic E-state index is -4.67. The van der Waals surface area contributed by atoms with Gasteiger partial charge in [0.15, 0.2) is 0 Å². The largest absolute Gasteiger partial charge is 0.416 e. The minimum absolute atomic E-state index is 0.0315. The van der Waals surface area contributed by atoms with Crippen LogP contribution in [0.25, 0.3) is 0 Å². The first-order valence-electron chi connectivity index (χ1n) is 2.67. The molecule has 0 saturated heterocycles. The van der Waals surface area contributed by atoms with Crippen molar-refractivity contribution in [3.8, 4) is 0 Å². The Balaban J connectivity index is 3.84. The zero-order valence-corrected chi connectivity index (χ0v) is 5.54. The van der Waals surface area contributed by atoms with Gasteiger partial charge in [0.05, 0.1) is 6.61 Å². The highest BCUT2D eigenvalue weighted by Gasteiger charge is 2.41. The van der Waals surface area contributed by atoms with Crippen molar-refractivity contribution in [3.63, 3.8) is 0 Å². The van der Waals surface area contributed by atoms with E-state index in [2.05, 4.69) is 4.74 Å². The van der Waals surface area contributed by atoms with E-state index in [1.54, 1.807) is 0 Å². The molecular weight excluding hydrogens is 190 g/mol. The SMILES string of the molecule is FC(F)=CCOC(F)(F)C(F)F. The second-order valence-corrected chi connectivity index (χ2v) is 1.67. The third-order valence-electron chi connectivity index (χ3n) is 0.767. The maximum atomic E-state index is 11.8. The van der Waals surface area contributed by atoms with Gasteiger partial charge in [-0.25, -0.2) is 8.78 Å². The van der Waals surface area contributed by atoms with E-state index in [4.69, 9.17) is 0 Å². The molecule has 0 spiro atoms. The van der Waals surface area contributed by atoms with E-state index in [9.17, 15) is 26.3 Å². The van der Waals surface area contributed by atoms with Crippen LogP contribution in [-0.4, -0.2) is 19.1 Å². The standard InChI is InChI=1S/C5H4F6O/c6-3(7)1-2-12-5(10,11)4(8)9/h1,4H,2H2. The lowest BCUT2D eigenvalue weighted by atomic mass is 10.6. The van der Waals surface area contributed by atoms with Crippen molar-refractivity contribution >= 4 is 0 Å². The molecule has 0 bridgehead atoms. The fourth-order valence-electron chi connectivity index (χ4n) is 0.279. The maximum absolute atomic E-state index is 11.8. The molecule has 0 aliphatic heterocycles. The highest BCUT2D eigenvalue weighted by Crippen LogP contribution is 2.23. The van der Waals surface area contributed by atoms with Crippen LogP contribution in [0.5, 0.6) is 0 Å². The lowest BCUT2D eigenvalue weighted by molar-refractivity contribution is -0.295. The van der Waals surface area contributed by atoms with Crippen LogP contribution < -0.4 is 0 Å². The van der Waals surface area contributed by atoms with E-state index in [1.165, 1.54) is 0 Å². The Kier molecular flexibility index (Phi) is 4.08. The van der Waals surface area contributed by atoms with Gasteiger partial charge in [-0.2, -0.15) is 17.6 Å². The molecule has 0 radical (unpaired) electrons. The summed E-state index contributed by atoms with van der Waals surface area (Å²) in [7, 11) is 0. The summed E-state index contributed by atoms with van der Waals surface area (Å²) in [4.78, 5) is 0. The predicted octanol–water partition coefficient (Wildman–Crippen LogP) is 2.64. The monoisotopic (exact) mass is 194 g/mol. The Morgan fingerprint density at radius 1 is 1.33 bits per heavy atom. The Morgan fingerprint density at radius 3 is 2.17 bits per heavy atom. The molecule has 0 aromatic heterocycles. The molecule has 12 heavy (non-hydrogen) atoms. The summed E-state index contributed by atoms with van der Waals surface area (Å²) in [5.74, 6) is 0. The van der Waals surface area contributed by atoms with Gasteiger partial charge < -0.3 is 4.74 Å². The molecule has 0 aliphatic rings. The first-order valence-corrected chi connectivity index (χ1v) is 2.67. The molecule has 0 unspecified atom stereocenters. The van der Waals surface area contributed by atoms with Crippen LogP contribution in [-0.2, 0) is 4.74 Å². The second-order valence-electron chi connectivity index (χ2n) is 1.67. The third-order valence-corrected chi connectivity index (χ3v) is 0.767. The summed E-state index contributed by atoms with van der Waals surface area (Å²) < 4.78 is 71.5. The molecule has 0 aliphatic carbocycles. The van der Waals surface area contributed by atoms with Gasteiger partial charge in [-0.05, 0) is 0 Å². The predicted molar refractivity (Wildman–Crippen MR) is 27.2 cm³/mol. The first-order chi connectivity index (χ1) is 5.36. The molecule has 0 rings (SSSR count). The Labute approximate surface area is 63.6 Å². The normalized spacial score (nSPS) is 11.9. The van der Waals surface area contributed by atoms with Crippen molar-refractivity contribution in [1.82, 2.24) is 0 Å². The molecule has 72 valence electrons. The quantitative estimate of drug-likeness (QED) is 0.625. The number of halogens is 6. The van der Waals surface area contributed by atoms with E-state index >= 15 is 0 Å². The zero-order valence-electron chi connectivity index (χ0n) is 5.54. The molecule has 0 aromatic carbocycles. The molecular formula is C5H4F6O. The van der Waals surface area contributed by atoms with E-state index in [-0.39, 0.29) is 6.08 Å². The van der Waals surface area contributed by atoms with Crippen LogP contribution in [0.2, 0.25) is 0 Å². The number of ether oxygens (including phenoxy) is 1. The fraction of sp³-hybridized carbons (Fsp3) is 0.600.